The first kappa shape index (κ1) is 12.2. The molecule has 1 aliphatic rings. The van der Waals surface area contributed by atoms with Gasteiger partial charge >= 0.3 is 0 Å². The van der Waals surface area contributed by atoms with Crippen LogP contribution in [0.3, 0.4) is 0 Å². The van der Waals surface area contributed by atoms with E-state index in [1.807, 2.05) is 17.0 Å². The van der Waals surface area contributed by atoms with Crippen molar-refractivity contribution in [1.82, 2.24) is 9.88 Å². The Hall–Kier alpha value is -1.81. The van der Waals surface area contributed by atoms with E-state index in [-0.39, 0.29) is 11.1 Å². The predicted octanol–water partition coefficient (Wildman–Crippen LogP) is 3.13. The second kappa shape index (κ2) is 5.05. The predicted molar refractivity (Wildman–Crippen MR) is 70.9 cm³/mol. The Kier molecular flexibility index (Phi) is 3.25. The minimum absolute atomic E-state index is 0.0712. The molecule has 0 saturated heterocycles. The van der Waals surface area contributed by atoms with Gasteiger partial charge in [-0.15, -0.1) is 0 Å². The third-order valence-electron chi connectivity index (χ3n) is 3.20. The lowest BCUT2D eigenvalue weighted by Gasteiger charge is -2.22. The number of pyridine rings is 1. The molecule has 1 aliphatic carbocycles. The summed E-state index contributed by atoms with van der Waals surface area (Å²) in [5.41, 5.74) is 1.50. The average molecular weight is 277 g/mol. The molecule has 0 atom stereocenters. The molecule has 0 aliphatic heterocycles. The number of carbonyl (C=O) groups is 1. The van der Waals surface area contributed by atoms with Crippen molar-refractivity contribution in [1.29, 1.82) is 0 Å². The van der Waals surface area contributed by atoms with Gasteiger partial charge in [-0.25, -0.2) is 0 Å². The molecule has 2 heterocycles. The van der Waals surface area contributed by atoms with Gasteiger partial charge in [-0.3, -0.25) is 9.78 Å². The fourth-order valence-electron chi connectivity index (χ4n) is 2.04. The fraction of sp³-hybridized carbons (Fsp3) is 0.286. The van der Waals surface area contributed by atoms with Gasteiger partial charge in [0.05, 0.1) is 11.8 Å². The second-order valence-electron chi connectivity index (χ2n) is 4.63. The van der Waals surface area contributed by atoms with E-state index in [1.54, 1.807) is 18.5 Å². The molecule has 1 fully saturated rings. The zero-order valence-electron chi connectivity index (χ0n) is 10.3. The van der Waals surface area contributed by atoms with Crippen molar-refractivity contribution in [2.75, 3.05) is 0 Å². The molecule has 0 bridgehead atoms. The average Bonchev–Trinajstić information content (AvgIpc) is 3.18. The first-order valence-electron chi connectivity index (χ1n) is 6.18. The molecule has 2 aromatic heterocycles. The van der Waals surface area contributed by atoms with Crippen molar-refractivity contribution >= 4 is 17.5 Å². The van der Waals surface area contributed by atoms with Crippen LogP contribution >= 0.6 is 11.6 Å². The number of amides is 1. The van der Waals surface area contributed by atoms with Crippen LogP contribution in [-0.2, 0) is 6.54 Å². The van der Waals surface area contributed by atoms with Crippen molar-refractivity contribution in [3.8, 4) is 0 Å². The smallest absolute Gasteiger partial charge is 0.259 e. The normalized spacial score (nSPS) is 14.4. The molecular weight excluding hydrogens is 264 g/mol. The van der Waals surface area contributed by atoms with E-state index in [9.17, 15) is 4.79 Å². The molecule has 5 heteroatoms. The summed E-state index contributed by atoms with van der Waals surface area (Å²) in [7, 11) is 0. The largest absolute Gasteiger partial charge is 0.452 e. The Morgan fingerprint density at radius 2 is 2.11 bits per heavy atom. The highest BCUT2D eigenvalue weighted by molar-refractivity contribution is 6.32. The highest BCUT2D eigenvalue weighted by atomic mass is 35.5. The number of aromatic nitrogens is 1. The number of furan rings is 1. The molecule has 2 aromatic rings. The molecule has 1 amide bonds. The van der Waals surface area contributed by atoms with E-state index in [4.69, 9.17) is 16.0 Å². The highest BCUT2D eigenvalue weighted by Gasteiger charge is 2.34. The number of nitrogens with zero attached hydrogens (tertiary/aromatic N) is 2. The highest BCUT2D eigenvalue weighted by Crippen LogP contribution is 2.31. The van der Waals surface area contributed by atoms with E-state index in [0.717, 1.165) is 18.4 Å². The summed E-state index contributed by atoms with van der Waals surface area (Å²) in [6.07, 6.45) is 7.00. The zero-order chi connectivity index (χ0) is 13.2. The van der Waals surface area contributed by atoms with Crippen LogP contribution in [0.5, 0.6) is 0 Å². The van der Waals surface area contributed by atoms with Crippen molar-refractivity contribution < 1.29 is 9.21 Å². The molecule has 0 unspecified atom stereocenters. The molecule has 1 saturated carbocycles. The lowest BCUT2D eigenvalue weighted by atomic mass is 10.2. The first-order chi connectivity index (χ1) is 9.25. The van der Waals surface area contributed by atoms with Gasteiger partial charge in [-0.05, 0) is 48.2 Å². The summed E-state index contributed by atoms with van der Waals surface area (Å²) in [6, 6.07) is 5.76. The molecule has 3 rings (SSSR count). The summed E-state index contributed by atoms with van der Waals surface area (Å²) < 4.78 is 4.99. The monoisotopic (exact) mass is 276 g/mol. The summed E-state index contributed by atoms with van der Waals surface area (Å²) in [5.74, 6) is -0.0712. The Morgan fingerprint density at radius 1 is 1.37 bits per heavy atom. The van der Waals surface area contributed by atoms with Crippen molar-refractivity contribution in [2.45, 2.75) is 25.4 Å². The van der Waals surface area contributed by atoms with Crippen LogP contribution in [0.25, 0.3) is 0 Å². The lowest BCUT2D eigenvalue weighted by Crippen LogP contribution is -2.32. The first-order valence-corrected chi connectivity index (χ1v) is 6.56. The van der Waals surface area contributed by atoms with Crippen molar-refractivity contribution in [2.24, 2.45) is 0 Å². The van der Waals surface area contributed by atoms with E-state index < -0.39 is 0 Å². The number of halogens is 1. The SMILES string of the molecule is O=C(c1ccoc1Cl)N(Cc1ccncc1)C1CC1. The van der Waals surface area contributed by atoms with Crippen LogP contribution < -0.4 is 0 Å². The van der Waals surface area contributed by atoms with Gasteiger partial charge in [-0.1, -0.05) is 0 Å². The summed E-state index contributed by atoms with van der Waals surface area (Å²) in [4.78, 5) is 18.3. The molecule has 0 N–H and O–H groups in total. The Labute approximate surface area is 116 Å². The summed E-state index contributed by atoms with van der Waals surface area (Å²) in [6.45, 7) is 0.577. The molecule has 0 radical (unpaired) electrons. The van der Waals surface area contributed by atoms with Gasteiger partial charge in [0, 0.05) is 25.0 Å². The van der Waals surface area contributed by atoms with Crippen LogP contribution in [0, 0.1) is 0 Å². The van der Waals surface area contributed by atoms with E-state index in [2.05, 4.69) is 4.98 Å². The summed E-state index contributed by atoms with van der Waals surface area (Å²) >= 11 is 5.88. The van der Waals surface area contributed by atoms with Crippen LogP contribution in [-0.4, -0.2) is 21.8 Å². The topological polar surface area (TPSA) is 46.3 Å². The van der Waals surface area contributed by atoms with Gasteiger partial charge in [0.1, 0.15) is 0 Å². The zero-order valence-corrected chi connectivity index (χ0v) is 11.0. The molecular formula is C14H13ClN2O2. The van der Waals surface area contributed by atoms with Gasteiger partial charge in [0.15, 0.2) is 0 Å². The fourth-order valence-corrected chi connectivity index (χ4v) is 2.23. The van der Waals surface area contributed by atoms with Crippen molar-refractivity contribution in [3.63, 3.8) is 0 Å². The molecule has 98 valence electrons. The Morgan fingerprint density at radius 3 is 2.68 bits per heavy atom. The number of rotatable bonds is 4. The molecule has 0 spiro atoms. The van der Waals surface area contributed by atoms with E-state index >= 15 is 0 Å². The van der Waals surface area contributed by atoms with Crippen LogP contribution in [0.1, 0.15) is 28.8 Å². The van der Waals surface area contributed by atoms with E-state index in [0.29, 0.717) is 18.2 Å². The van der Waals surface area contributed by atoms with Crippen LogP contribution in [0.2, 0.25) is 5.22 Å². The van der Waals surface area contributed by atoms with Gasteiger partial charge < -0.3 is 9.32 Å². The Balaban J connectivity index is 1.82. The minimum Gasteiger partial charge on any atom is -0.452 e. The van der Waals surface area contributed by atoms with Crippen LogP contribution in [0.4, 0.5) is 0 Å². The number of hydrogen-bond acceptors (Lipinski definition) is 3. The van der Waals surface area contributed by atoms with Gasteiger partial charge in [0.25, 0.3) is 5.91 Å². The maximum Gasteiger partial charge on any atom is 0.259 e. The summed E-state index contributed by atoms with van der Waals surface area (Å²) in [5, 5.41) is 0.158. The van der Waals surface area contributed by atoms with Gasteiger partial charge in [-0.2, -0.15) is 0 Å². The van der Waals surface area contributed by atoms with Gasteiger partial charge in [0.2, 0.25) is 5.22 Å². The number of carbonyl (C=O) groups excluding carboxylic acids is 1. The number of hydrogen-bond donors (Lipinski definition) is 0. The maximum absolute atomic E-state index is 12.5. The third-order valence-corrected chi connectivity index (χ3v) is 3.49. The Bertz CT molecular complexity index is 578. The van der Waals surface area contributed by atoms with Crippen molar-refractivity contribution in [3.05, 3.63) is 53.2 Å². The quantitative estimate of drug-likeness (QED) is 0.862. The molecule has 0 aromatic carbocycles. The maximum atomic E-state index is 12.5. The second-order valence-corrected chi connectivity index (χ2v) is 4.97. The van der Waals surface area contributed by atoms with Crippen LogP contribution in [0.15, 0.2) is 41.3 Å². The molecule has 19 heavy (non-hydrogen) atoms. The third kappa shape index (κ3) is 2.63. The standard InChI is InChI=1S/C14H13ClN2O2/c15-13-12(5-8-19-13)14(18)17(11-1-2-11)9-10-3-6-16-7-4-10/h3-8,11H,1-2,9H2. The lowest BCUT2D eigenvalue weighted by molar-refractivity contribution is 0.0729. The molecule has 4 nitrogen and oxygen atoms in total. The van der Waals surface area contributed by atoms with E-state index in [1.165, 1.54) is 6.26 Å². The minimum atomic E-state index is -0.0712.